The number of para-hydroxylation sites is 1. The van der Waals surface area contributed by atoms with Crippen LogP contribution in [0.25, 0.3) is 0 Å². The van der Waals surface area contributed by atoms with E-state index in [0.717, 1.165) is 5.69 Å². The molecule has 0 spiro atoms. The summed E-state index contributed by atoms with van der Waals surface area (Å²) in [6.45, 7) is 2.15. The summed E-state index contributed by atoms with van der Waals surface area (Å²) in [7, 11) is 0. The Morgan fingerprint density at radius 3 is 2.71 bits per heavy atom. The number of Topliss-reactive ketones (excluding diaryl/α,β-unsaturated/α-hetero) is 1. The van der Waals surface area contributed by atoms with E-state index in [1.807, 2.05) is 42.3 Å². The predicted octanol–water partition coefficient (Wildman–Crippen LogP) is 2.56. The number of piperidine rings is 1. The summed E-state index contributed by atoms with van der Waals surface area (Å²) >= 11 is 5.76. The van der Waals surface area contributed by atoms with Gasteiger partial charge in [0.25, 0.3) is 0 Å². The Bertz CT molecular complexity index is 910. The van der Waals surface area contributed by atoms with Gasteiger partial charge in [0, 0.05) is 18.3 Å². The molecule has 0 aliphatic carbocycles. The maximum atomic E-state index is 13.3. The standard InChI is InChI=1S/C20H20ClFN4O2/c1-11-17-18(27)14(20(28)24-12-7-8-16(22)15(21)9-12)10-23-19(17)26(25-11)13-5-3-2-4-6-13/h2-9,11,14,17,19,23,25H,10H2,1H3,(H,24,28). The highest BCUT2D eigenvalue weighted by atomic mass is 35.5. The molecule has 2 aromatic carbocycles. The van der Waals surface area contributed by atoms with Crippen LogP contribution in [-0.2, 0) is 9.59 Å². The number of halogens is 2. The molecular formula is C20H20ClFN4O2. The molecule has 28 heavy (non-hydrogen) atoms. The molecule has 2 heterocycles. The lowest BCUT2D eigenvalue weighted by Gasteiger charge is -2.35. The van der Waals surface area contributed by atoms with Gasteiger partial charge in [0.2, 0.25) is 5.91 Å². The van der Waals surface area contributed by atoms with Crippen LogP contribution >= 0.6 is 11.6 Å². The van der Waals surface area contributed by atoms with Gasteiger partial charge in [0.05, 0.1) is 16.6 Å². The smallest absolute Gasteiger partial charge is 0.236 e. The molecule has 0 saturated carbocycles. The fraction of sp³-hybridized carbons (Fsp3) is 0.300. The summed E-state index contributed by atoms with van der Waals surface area (Å²) in [5.74, 6) is -2.31. The third-order valence-corrected chi connectivity index (χ3v) is 5.53. The zero-order valence-corrected chi connectivity index (χ0v) is 15.9. The molecule has 2 aliphatic rings. The second-order valence-electron chi connectivity index (χ2n) is 7.08. The van der Waals surface area contributed by atoms with E-state index in [2.05, 4.69) is 16.1 Å². The lowest BCUT2D eigenvalue weighted by molar-refractivity contribution is -0.136. The van der Waals surface area contributed by atoms with E-state index in [1.54, 1.807) is 0 Å². The number of benzene rings is 2. The quantitative estimate of drug-likeness (QED) is 0.688. The SMILES string of the molecule is CC1NN(c2ccccc2)C2NCC(C(=O)Nc3ccc(F)c(Cl)c3)C(=O)C12. The molecule has 0 bridgehead atoms. The third-order valence-electron chi connectivity index (χ3n) is 5.24. The van der Waals surface area contributed by atoms with Crippen LogP contribution in [-0.4, -0.2) is 30.4 Å². The van der Waals surface area contributed by atoms with Gasteiger partial charge in [-0.3, -0.25) is 19.9 Å². The first kappa shape index (κ1) is 18.9. The van der Waals surface area contributed by atoms with Crippen LogP contribution in [0.3, 0.4) is 0 Å². The van der Waals surface area contributed by atoms with Gasteiger partial charge < -0.3 is 5.32 Å². The van der Waals surface area contributed by atoms with E-state index in [1.165, 1.54) is 18.2 Å². The number of nitrogens with one attached hydrogen (secondary N) is 3. The normalized spacial score (nSPS) is 26.8. The molecule has 0 radical (unpaired) electrons. The number of amides is 1. The lowest BCUT2D eigenvalue weighted by Crippen LogP contribution is -2.58. The second kappa shape index (κ2) is 7.50. The number of carbonyl (C=O) groups is 2. The number of carbonyl (C=O) groups excluding carboxylic acids is 2. The summed E-state index contributed by atoms with van der Waals surface area (Å²) in [6, 6.07) is 13.5. The number of hydrazine groups is 1. The molecule has 8 heteroatoms. The van der Waals surface area contributed by atoms with E-state index < -0.39 is 17.6 Å². The van der Waals surface area contributed by atoms with Crippen LogP contribution in [0.1, 0.15) is 6.92 Å². The van der Waals surface area contributed by atoms with Gasteiger partial charge in [0.15, 0.2) is 5.78 Å². The number of hydrogen-bond acceptors (Lipinski definition) is 5. The first-order valence-electron chi connectivity index (χ1n) is 9.09. The molecular weight excluding hydrogens is 383 g/mol. The largest absolute Gasteiger partial charge is 0.325 e. The van der Waals surface area contributed by atoms with Crippen LogP contribution in [0.5, 0.6) is 0 Å². The molecule has 1 amide bonds. The minimum absolute atomic E-state index is 0.0851. The molecule has 146 valence electrons. The van der Waals surface area contributed by atoms with Crippen molar-refractivity contribution in [3.8, 4) is 0 Å². The van der Waals surface area contributed by atoms with Crippen molar-refractivity contribution in [1.82, 2.24) is 10.7 Å². The second-order valence-corrected chi connectivity index (χ2v) is 7.48. The summed E-state index contributed by atoms with van der Waals surface area (Å²) in [5.41, 5.74) is 4.63. The van der Waals surface area contributed by atoms with E-state index in [4.69, 9.17) is 11.6 Å². The molecule has 2 aromatic rings. The van der Waals surface area contributed by atoms with Crippen LogP contribution in [0.2, 0.25) is 5.02 Å². The van der Waals surface area contributed by atoms with Gasteiger partial charge in [-0.2, -0.15) is 0 Å². The first-order chi connectivity index (χ1) is 13.5. The predicted molar refractivity (Wildman–Crippen MR) is 105 cm³/mol. The topological polar surface area (TPSA) is 73.5 Å². The molecule has 4 unspecified atom stereocenters. The van der Waals surface area contributed by atoms with Gasteiger partial charge >= 0.3 is 0 Å². The van der Waals surface area contributed by atoms with Crippen molar-refractivity contribution < 1.29 is 14.0 Å². The third kappa shape index (κ3) is 3.37. The zero-order valence-electron chi connectivity index (χ0n) is 15.2. The molecule has 2 fully saturated rings. The van der Waals surface area contributed by atoms with Gasteiger partial charge in [-0.25, -0.2) is 9.82 Å². The fourth-order valence-electron chi connectivity index (χ4n) is 3.85. The number of hydrogen-bond donors (Lipinski definition) is 3. The number of fused-ring (bicyclic) bond motifs is 1. The van der Waals surface area contributed by atoms with E-state index in [9.17, 15) is 14.0 Å². The summed E-state index contributed by atoms with van der Waals surface area (Å²) < 4.78 is 13.3. The zero-order chi connectivity index (χ0) is 19.8. The number of anilines is 2. The van der Waals surface area contributed by atoms with Crippen LogP contribution in [0, 0.1) is 17.7 Å². The van der Waals surface area contributed by atoms with Crippen LogP contribution in [0.15, 0.2) is 48.5 Å². The minimum Gasteiger partial charge on any atom is -0.325 e. The van der Waals surface area contributed by atoms with Crippen molar-refractivity contribution >= 4 is 34.7 Å². The van der Waals surface area contributed by atoms with Crippen molar-refractivity contribution in [2.24, 2.45) is 11.8 Å². The van der Waals surface area contributed by atoms with Gasteiger partial charge in [-0.15, -0.1) is 0 Å². The molecule has 0 aromatic heterocycles. The Labute approximate surface area is 167 Å². The number of ketones is 1. The van der Waals surface area contributed by atoms with Crippen molar-refractivity contribution in [3.05, 3.63) is 59.4 Å². The summed E-state index contributed by atoms with van der Waals surface area (Å²) in [4.78, 5) is 25.8. The highest BCUT2D eigenvalue weighted by molar-refractivity contribution is 6.31. The summed E-state index contributed by atoms with van der Waals surface area (Å²) in [6.07, 6.45) is -0.228. The van der Waals surface area contributed by atoms with Crippen LogP contribution < -0.4 is 21.1 Å². The van der Waals surface area contributed by atoms with Crippen LogP contribution in [0.4, 0.5) is 15.8 Å². The Hall–Kier alpha value is -2.48. The van der Waals surface area contributed by atoms with Crippen molar-refractivity contribution in [2.75, 3.05) is 16.9 Å². The Kier molecular flexibility index (Phi) is 5.05. The highest BCUT2D eigenvalue weighted by Crippen LogP contribution is 2.32. The maximum Gasteiger partial charge on any atom is 0.236 e. The first-order valence-corrected chi connectivity index (χ1v) is 9.47. The molecule has 3 N–H and O–H groups in total. The number of nitrogens with zero attached hydrogens (tertiary/aromatic N) is 1. The van der Waals surface area contributed by atoms with E-state index >= 15 is 0 Å². The molecule has 6 nitrogen and oxygen atoms in total. The summed E-state index contributed by atoms with van der Waals surface area (Å²) in [5, 5.41) is 7.85. The highest BCUT2D eigenvalue weighted by Gasteiger charge is 2.50. The molecule has 4 atom stereocenters. The Morgan fingerprint density at radius 1 is 1.25 bits per heavy atom. The fourth-order valence-corrected chi connectivity index (χ4v) is 4.04. The molecule has 2 aliphatic heterocycles. The lowest BCUT2D eigenvalue weighted by atomic mass is 9.83. The number of rotatable bonds is 3. The van der Waals surface area contributed by atoms with Gasteiger partial charge in [-0.1, -0.05) is 29.8 Å². The van der Waals surface area contributed by atoms with E-state index in [0.29, 0.717) is 5.69 Å². The monoisotopic (exact) mass is 402 g/mol. The molecule has 4 rings (SSSR count). The van der Waals surface area contributed by atoms with Crippen molar-refractivity contribution in [2.45, 2.75) is 19.1 Å². The average molecular weight is 403 g/mol. The molecule has 2 saturated heterocycles. The average Bonchev–Trinajstić information content (AvgIpc) is 3.03. The van der Waals surface area contributed by atoms with Gasteiger partial charge in [-0.05, 0) is 37.3 Å². The Morgan fingerprint density at radius 2 is 2.00 bits per heavy atom. The minimum atomic E-state index is -0.829. The van der Waals surface area contributed by atoms with Gasteiger partial charge in [0.1, 0.15) is 17.9 Å². The Balaban J connectivity index is 1.50. The maximum absolute atomic E-state index is 13.3. The van der Waals surface area contributed by atoms with Crippen molar-refractivity contribution in [1.29, 1.82) is 0 Å². The van der Waals surface area contributed by atoms with E-state index in [-0.39, 0.29) is 35.5 Å². The van der Waals surface area contributed by atoms with Crippen molar-refractivity contribution in [3.63, 3.8) is 0 Å².